The number of hydrogen-bond donors (Lipinski definition) is 1. The van der Waals surface area contributed by atoms with E-state index in [1.165, 1.54) is 23.1 Å². The fraction of sp³-hybridized carbons (Fsp3) is 0.609. The summed E-state index contributed by atoms with van der Waals surface area (Å²) in [4.78, 5) is 41.6. The minimum Gasteiger partial charge on any atom is -0.369 e. The first-order chi connectivity index (χ1) is 14.8. The minimum atomic E-state index is -0.877. The first-order valence-electron chi connectivity index (χ1n) is 11.1. The van der Waals surface area contributed by atoms with Gasteiger partial charge >= 0.3 is 0 Å². The highest BCUT2D eigenvalue weighted by atomic mass is 19.1. The Morgan fingerprint density at radius 1 is 1.10 bits per heavy atom. The fourth-order valence-corrected chi connectivity index (χ4v) is 5.13. The highest BCUT2D eigenvalue weighted by molar-refractivity contribution is 5.98. The summed E-state index contributed by atoms with van der Waals surface area (Å²) in [5.41, 5.74) is 4.48. The normalized spacial score (nSPS) is 29.4. The highest BCUT2D eigenvalue weighted by Gasteiger charge is 2.54. The summed E-state index contributed by atoms with van der Waals surface area (Å²) < 4.78 is 20.7. The lowest BCUT2D eigenvalue weighted by molar-refractivity contribution is -0.140. The van der Waals surface area contributed by atoms with Gasteiger partial charge in [-0.2, -0.15) is 0 Å². The molecule has 31 heavy (non-hydrogen) atoms. The Labute approximate surface area is 181 Å². The van der Waals surface area contributed by atoms with Crippen LogP contribution in [0.1, 0.15) is 55.8 Å². The molecule has 1 spiro atoms. The highest BCUT2D eigenvalue weighted by Crippen LogP contribution is 2.43. The van der Waals surface area contributed by atoms with Gasteiger partial charge in [-0.3, -0.25) is 19.3 Å². The molecule has 1 aromatic carbocycles. The second kappa shape index (κ2) is 8.57. The summed E-state index contributed by atoms with van der Waals surface area (Å²) >= 11 is 0. The maximum Gasteiger partial charge on any atom is 0.259 e. The van der Waals surface area contributed by atoms with Gasteiger partial charge in [-0.05, 0) is 56.6 Å². The van der Waals surface area contributed by atoms with Crippen LogP contribution in [0, 0.1) is 17.7 Å². The maximum absolute atomic E-state index is 14.5. The smallest absolute Gasteiger partial charge is 0.259 e. The van der Waals surface area contributed by atoms with Crippen LogP contribution in [0.5, 0.6) is 0 Å². The van der Waals surface area contributed by atoms with E-state index in [1.807, 2.05) is 0 Å². The van der Waals surface area contributed by atoms with Crippen molar-refractivity contribution in [3.8, 4) is 0 Å². The number of carbonyl (C=O) groups is 3. The lowest BCUT2D eigenvalue weighted by atomic mass is 9.83. The summed E-state index contributed by atoms with van der Waals surface area (Å²) in [5, 5.41) is 0. The Morgan fingerprint density at radius 2 is 1.74 bits per heavy atom. The van der Waals surface area contributed by atoms with Gasteiger partial charge in [0, 0.05) is 19.0 Å². The van der Waals surface area contributed by atoms with Crippen LogP contribution in [-0.4, -0.2) is 59.0 Å². The number of hydrogen-bond acceptors (Lipinski definition) is 4. The molecule has 1 aromatic rings. The molecule has 0 radical (unpaired) electrons. The number of rotatable bonds is 3. The van der Waals surface area contributed by atoms with Crippen LogP contribution in [0.2, 0.25) is 0 Å². The van der Waals surface area contributed by atoms with E-state index < -0.39 is 23.5 Å². The molecule has 2 N–H and O–H groups in total. The van der Waals surface area contributed by atoms with Gasteiger partial charge in [-0.25, -0.2) is 4.39 Å². The Kier molecular flexibility index (Phi) is 6.01. The van der Waals surface area contributed by atoms with Crippen molar-refractivity contribution < 1.29 is 23.5 Å². The number of likely N-dealkylation sites (tertiary alicyclic amines) is 1. The van der Waals surface area contributed by atoms with Gasteiger partial charge in [0.25, 0.3) is 5.91 Å². The molecule has 2 aliphatic heterocycles. The number of nitrogens with zero attached hydrogens (tertiary/aromatic N) is 2. The molecule has 2 heterocycles. The molecule has 8 heteroatoms. The van der Waals surface area contributed by atoms with Crippen molar-refractivity contribution in [1.82, 2.24) is 9.80 Å². The van der Waals surface area contributed by atoms with Gasteiger partial charge in [-0.1, -0.05) is 19.1 Å². The molecule has 1 aliphatic carbocycles. The number of primary amides is 1. The third kappa shape index (κ3) is 4.05. The predicted molar refractivity (Wildman–Crippen MR) is 111 cm³/mol. The second-order valence-electron chi connectivity index (χ2n) is 9.11. The van der Waals surface area contributed by atoms with Crippen LogP contribution in [0.3, 0.4) is 0 Å². The summed E-state index contributed by atoms with van der Waals surface area (Å²) in [5.74, 6) is -1.37. The van der Waals surface area contributed by atoms with Gasteiger partial charge in [0.15, 0.2) is 0 Å². The van der Waals surface area contributed by atoms with Crippen LogP contribution in [0.15, 0.2) is 24.3 Å². The van der Waals surface area contributed by atoms with Gasteiger partial charge in [-0.15, -0.1) is 0 Å². The van der Waals surface area contributed by atoms with Crippen LogP contribution in [0.25, 0.3) is 0 Å². The molecule has 3 aliphatic rings. The van der Waals surface area contributed by atoms with Crippen molar-refractivity contribution in [3.05, 3.63) is 35.6 Å². The molecule has 4 rings (SSSR count). The van der Waals surface area contributed by atoms with E-state index >= 15 is 0 Å². The number of amides is 3. The SMILES string of the molecule is CC1CCC2(CC1)OCC(C(=O)N1CCC(C(N)=O)CC1)N2C(=O)c1ccccc1F. The number of nitrogens with two attached hydrogens (primary N) is 1. The number of ether oxygens (including phenoxy) is 1. The largest absolute Gasteiger partial charge is 0.369 e. The molecule has 1 unspecified atom stereocenters. The van der Waals surface area contributed by atoms with Gasteiger partial charge in [0.2, 0.25) is 11.8 Å². The second-order valence-corrected chi connectivity index (χ2v) is 9.11. The third-order valence-electron chi connectivity index (χ3n) is 7.13. The molecule has 168 valence electrons. The molecule has 1 saturated carbocycles. The molecule has 0 aromatic heterocycles. The number of carbonyl (C=O) groups excluding carboxylic acids is 3. The molecule has 0 bridgehead atoms. The van der Waals surface area contributed by atoms with Crippen LogP contribution >= 0.6 is 0 Å². The monoisotopic (exact) mass is 431 g/mol. The Hall–Kier alpha value is -2.48. The van der Waals surface area contributed by atoms with E-state index in [0.717, 1.165) is 12.8 Å². The molecular weight excluding hydrogens is 401 g/mol. The zero-order valence-electron chi connectivity index (χ0n) is 17.9. The van der Waals surface area contributed by atoms with E-state index in [4.69, 9.17) is 10.5 Å². The molecule has 7 nitrogen and oxygen atoms in total. The quantitative estimate of drug-likeness (QED) is 0.795. The maximum atomic E-state index is 14.5. The standard InChI is InChI=1S/C23H30FN3O4/c1-15-6-10-23(11-7-15)27(21(29)17-4-2-3-5-18(17)24)19(14-31-23)22(30)26-12-8-16(9-13-26)20(25)28/h2-5,15-16,19H,6-14H2,1H3,(H2,25,28). The predicted octanol–water partition coefficient (Wildman–Crippen LogP) is 2.30. The van der Waals surface area contributed by atoms with Crippen LogP contribution in [0.4, 0.5) is 4.39 Å². The van der Waals surface area contributed by atoms with Gasteiger partial charge in [0.1, 0.15) is 17.6 Å². The summed E-state index contributed by atoms with van der Waals surface area (Å²) in [7, 11) is 0. The van der Waals surface area contributed by atoms with Crippen molar-refractivity contribution in [2.75, 3.05) is 19.7 Å². The Balaban J connectivity index is 1.60. The Bertz CT molecular complexity index is 860. The summed E-state index contributed by atoms with van der Waals surface area (Å²) in [6.07, 6.45) is 4.04. The summed E-state index contributed by atoms with van der Waals surface area (Å²) in [6, 6.07) is 5.07. The van der Waals surface area contributed by atoms with Crippen molar-refractivity contribution in [1.29, 1.82) is 0 Å². The summed E-state index contributed by atoms with van der Waals surface area (Å²) in [6.45, 7) is 3.09. The first kappa shape index (κ1) is 21.7. The minimum absolute atomic E-state index is 0.0452. The van der Waals surface area contributed by atoms with Crippen molar-refractivity contribution in [2.45, 2.75) is 57.2 Å². The number of benzene rings is 1. The van der Waals surface area contributed by atoms with Crippen LogP contribution < -0.4 is 5.73 Å². The molecule has 3 fully saturated rings. The topological polar surface area (TPSA) is 92.9 Å². The van der Waals surface area contributed by atoms with Crippen molar-refractivity contribution >= 4 is 17.7 Å². The van der Waals surface area contributed by atoms with Crippen molar-refractivity contribution in [2.24, 2.45) is 17.6 Å². The van der Waals surface area contributed by atoms with E-state index in [-0.39, 0.29) is 29.9 Å². The van der Waals surface area contributed by atoms with Crippen molar-refractivity contribution in [3.63, 3.8) is 0 Å². The lowest BCUT2D eigenvalue weighted by Gasteiger charge is -2.43. The average molecular weight is 432 g/mol. The molecule has 2 saturated heterocycles. The van der Waals surface area contributed by atoms with E-state index in [1.54, 1.807) is 11.0 Å². The van der Waals surface area contributed by atoms with E-state index in [2.05, 4.69) is 6.92 Å². The van der Waals surface area contributed by atoms with Gasteiger partial charge < -0.3 is 15.4 Å². The van der Waals surface area contributed by atoms with E-state index in [9.17, 15) is 18.8 Å². The fourth-order valence-electron chi connectivity index (χ4n) is 5.13. The molecule has 1 atom stereocenters. The van der Waals surface area contributed by atoms with Gasteiger partial charge in [0.05, 0.1) is 12.2 Å². The average Bonchev–Trinajstić information content (AvgIpc) is 3.14. The number of halogens is 1. The first-order valence-corrected chi connectivity index (χ1v) is 11.1. The lowest BCUT2D eigenvalue weighted by Crippen LogP contribution is -2.58. The molecular formula is C23H30FN3O4. The zero-order chi connectivity index (χ0) is 22.2. The van der Waals surface area contributed by atoms with E-state index in [0.29, 0.717) is 44.7 Å². The van der Waals surface area contributed by atoms with Crippen LogP contribution in [-0.2, 0) is 14.3 Å². The Morgan fingerprint density at radius 3 is 2.35 bits per heavy atom. The zero-order valence-corrected chi connectivity index (χ0v) is 17.9. The number of piperidine rings is 1. The third-order valence-corrected chi connectivity index (χ3v) is 7.13. The molecule has 3 amide bonds.